The number of carbonyl (C=O) groups excluding carboxylic acids is 2. The Morgan fingerprint density at radius 3 is 2.53 bits per heavy atom. The highest BCUT2D eigenvalue weighted by Crippen LogP contribution is 2.31. The van der Waals surface area contributed by atoms with E-state index in [1.165, 1.54) is 51.6 Å². The molecule has 1 atom stereocenters. The summed E-state index contributed by atoms with van der Waals surface area (Å²) in [6.45, 7) is 5.15. The third kappa shape index (κ3) is 5.66. The molecule has 3 aromatic rings. The van der Waals surface area contributed by atoms with Gasteiger partial charge in [0.2, 0.25) is 5.75 Å². The Morgan fingerprint density at radius 2 is 1.88 bits per heavy atom. The molecule has 180 valence electrons. The zero-order valence-corrected chi connectivity index (χ0v) is 19.4. The molecule has 3 rings (SSSR count). The van der Waals surface area contributed by atoms with Crippen molar-refractivity contribution in [2.75, 3.05) is 14.2 Å². The molecule has 34 heavy (non-hydrogen) atoms. The highest BCUT2D eigenvalue weighted by Gasteiger charge is 2.27. The minimum Gasteiger partial charge on any atom is -0.494 e. The summed E-state index contributed by atoms with van der Waals surface area (Å²) >= 11 is 0. The van der Waals surface area contributed by atoms with Gasteiger partial charge in [0, 0.05) is 24.8 Å². The van der Waals surface area contributed by atoms with Gasteiger partial charge in [0.05, 0.1) is 20.3 Å². The summed E-state index contributed by atoms with van der Waals surface area (Å²) < 4.78 is 34.5. The van der Waals surface area contributed by atoms with E-state index in [-0.39, 0.29) is 40.6 Å². The number of rotatable bonds is 9. The average Bonchev–Trinajstić information content (AvgIpc) is 3.28. The third-order valence-electron chi connectivity index (χ3n) is 4.71. The molecule has 0 aliphatic carbocycles. The van der Waals surface area contributed by atoms with E-state index in [1.54, 1.807) is 0 Å². The molecule has 0 saturated heterocycles. The van der Waals surface area contributed by atoms with Crippen molar-refractivity contribution in [3.63, 3.8) is 0 Å². The third-order valence-corrected chi connectivity index (χ3v) is 4.71. The summed E-state index contributed by atoms with van der Waals surface area (Å²) in [5, 5.41) is 6.83. The number of nitrogens with zero attached hydrogens (tertiary/aromatic N) is 3. The number of pyridine rings is 1. The smallest absolute Gasteiger partial charge is 0.308 e. The van der Waals surface area contributed by atoms with E-state index in [0.717, 1.165) is 0 Å². The van der Waals surface area contributed by atoms with Crippen molar-refractivity contribution in [2.24, 2.45) is 5.92 Å². The van der Waals surface area contributed by atoms with Gasteiger partial charge in [-0.3, -0.25) is 9.59 Å². The molecule has 0 radical (unpaired) electrons. The van der Waals surface area contributed by atoms with Crippen molar-refractivity contribution in [1.29, 1.82) is 0 Å². The minimum atomic E-state index is -0.648. The normalized spacial score (nSPS) is 11.7. The summed E-state index contributed by atoms with van der Waals surface area (Å²) in [5.74, 6) is -1.13. The second kappa shape index (κ2) is 10.7. The lowest BCUT2D eigenvalue weighted by molar-refractivity contribution is -0.132. The number of esters is 1. The molecular formula is C23H25FN4O6. The molecule has 0 aliphatic heterocycles. The van der Waals surface area contributed by atoms with Gasteiger partial charge in [0.15, 0.2) is 28.8 Å². The van der Waals surface area contributed by atoms with Crippen molar-refractivity contribution in [3.8, 4) is 28.7 Å². The molecule has 2 heterocycles. The van der Waals surface area contributed by atoms with Crippen LogP contribution in [0.1, 0.15) is 49.5 Å². The fourth-order valence-corrected chi connectivity index (χ4v) is 3.21. The maximum atomic E-state index is 13.7. The Balaban J connectivity index is 1.91. The van der Waals surface area contributed by atoms with Crippen molar-refractivity contribution < 1.29 is 32.7 Å². The molecule has 0 saturated carbocycles. The molecule has 1 N–H and O–H groups in total. The van der Waals surface area contributed by atoms with Gasteiger partial charge < -0.3 is 24.1 Å². The Hall–Kier alpha value is -4.02. The van der Waals surface area contributed by atoms with Crippen LogP contribution in [-0.4, -0.2) is 41.2 Å². The van der Waals surface area contributed by atoms with Gasteiger partial charge in [-0.15, -0.1) is 0 Å². The molecular weight excluding hydrogens is 447 g/mol. The number of benzene rings is 1. The van der Waals surface area contributed by atoms with E-state index in [9.17, 15) is 14.0 Å². The molecule has 1 amide bonds. The van der Waals surface area contributed by atoms with Crippen molar-refractivity contribution in [1.82, 2.24) is 20.4 Å². The van der Waals surface area contributed by atoms with Crippen LogP contribution in [0, 0.1) is 11.7 Å². The molecule has 2 aromatic heterocycles. The van der Waals surface area contributed by atoms with Crippen LogP contribution in [-0.2, 0) is 4.79 Å². The molecule has 0 aliphatic rings. The monoisotopic (exact) mass is 472 g/mol. The molecule has 11 heteroatoms. The second-order valence-electron chi connectivity index (χ2n) is 7.75. The topological polar surface area (TPSA) is 126 Å². The number of nitrogens with one attached hydrogen (secondary N) is 1. The zero-order chi connectivity index (χ0) is 24.8. The number of hydrogen-bond donors (Lipinski definition) is 1. The van der Waals surface area contributed by atoms with Crippen molar-refractivity contribution in [2.45, 2.75) is 33.2 Å². The van der Waals surface area contributed by atoms with Gasteiger partial charge in [-0.1, -0.05) is 19.0 Å². The summed E-state index contributed by atoms with van der Waals surface area (Å²) in [4.78, 5) is 33.1. The SMILES string of the molecule is COc1cc(-c2nc([C@H](CC(C)C)NC(=O)c3nccc(OC)c3OC(C)=O)no2)ccc1F. The highest BCUT2D eigenvalue weighted by molar-refractivity contribution is 5.96. The minimum absolute atomic E-state index is 0.0337. The van der Waals surface area contributed by atoms with Crippen LogP contribution < -0.4 is 19.5 Å². The molecule has 0 unspecified atom stereocenters. The van der Waals surface area contributed by atoms with E-state index in [0.29, 0.717) is 12.0 Å². The van der Waals surface area contributed by atoms with E-state index >= 15 is 0 Å². The summed E-state index contributed by atoms with van der Waals surface area (Å²) in [5.41, 5.74) is 0.327. The van der Waals surface area contributed by atoms with Gasteiger partial charge in [0.1, 0.15) is 0 Å². The fraction of sp³-hybridized carbons (Fsp3) is 0.348. The lowest BCUT2D eigenvalue weighted by Gasteiger charge is -2.18. The Kier molecular flexibility index (Phi) is 7.77. The molecule has 10 nitrogen and oxygen atoms in total. The van der Waals surface area contributed by atoms with Crippen molar-refractivity contribution >= 4 is 11.9 Å². The second-order valence-corrected chi connectivity index (χ2v) is 7.75. The van der Waals surface area contributed by atoms with Crippen molar-refractivity contribution in [3.05, 3.63) is 47.8 Å². The number of ether oxygens (including phenoxy) is 3. The van der Waals surface area contributed by atoms with Crippen LogP contribution in [0.4, 0.5) is 4.39 Å². The molecule has 0 fully saturated rings. The van der Waals surface area contributed by atoms with Crippen LogP contribution in [0.25, 0.3) is 11.5 Å². The number of hydrogen-bond acceptors (Lipinski definition) is 9. The van der Waals surface area contributed by atoms with Gasteiger partial charge in [-0.2, -0.15) is 4.98 Å². The first-order valence-electron chi connectivity index (χ1n) is 10.4. The predicted molar refractivity (Wildman–Crippen MR) is 118 cm³/mol. The largest absolute Gasteiger partial charge is 0.494 e. The first kappa shape index (κ1) is 24.6. The quantitative estimate of drug-likeness (QED) is 0.464. The van der Waals surface area contributed by atoms with E-state index in [4.69, 9.17) is 18.7 Å². The fourth-order valence-electron chi connectivity index (χ4n) is 3.21. The van der Waals surface area contributed by atoms with Crippen LogP contribution in [0.15, 0.2) is 35.0 Å². The van der Waals surface area contributed by atoms with Crippen LogP contribution in [0.2, 0.25) is 0 Å². The average molecular weight is 472 g/mol. The summed E-state index contributed by atoms with van der Waals surface area (Å²) in [7, 11) is 2.74. The number of carbonyl (C=O) groups is 2. The summed E-state index contributed by atoms with van der Waals surface area (Å²) in [6, 6.07) is 4.98. The Bertz CT molecular complexity index is 1180. The molecule has 0 bridgehead atoms. The Morgan fingerprint density at radius 1 is 1.15 bits per heavy atom. The predicted octanol–water partition coefficient (Wildman–Crippen LogP) is 3.73. The summed E-state index contributed by atoms with van der Waals surface area (Å²) in [6.07, 6.45) is 1.84. The van der Waals surface area contributed by atoms with Crippen LogP contribution >= 0.6 is 0 Å². The Labute approximate surface area is 195 Å². The van der Waals surface area contributed by atoms with Crippen LogP contribution in [0.3, 0.4) is 0 Å². The number of methoxy groups -OCH3 is 2. The highest BCUT2D eigenvalue weighted by atomic mass is 19.1. The zero-order valence-electron chi connectivity index (χ0n) is 19.4. The molecule has 0 spiro atoms. The first-order valence-corrected chi connectivity index (χ1v) is 10.4. The maximum Gasteiger partial charge on any atom is 0.308 e. The maximum absolute atomic E-state index is 13.7. The lowest BCUT2D eigenvalue weighted by atomic mass is 10.0. The van der Waals surface area contributed by atoms with Gasteiger partial charge >= 0.3 is 5.97 Å². The van der Waals surface area contributed by atoms with E-state index < -0.39 is 23.7 Å². The van der Waals surface area contributed by atoms with Crippen LogP contribution in [0.5, 0.6) is 17.2 Å². The van der Waals surface area contributed by atoms with Gasteiger partial charge in [0.25, 0.3) is 11.8 Å². The van der Waals surface area contributed by atoms with E-state index in [1.807, 2.05) is 13.8 Å². The standard InChI is InChI=1S/C23H25FN4O6/c1-12(2)10-16(21-27-23(34-28-21)14-6-7-15(24)18(11-14)32-5)26-22(30)19-20(33-13(3)29)17(31-4)8-9-25-19/h6-9,11-12,16H,10H2,1-5H3,(H,26,30)/t16-/m0/s1. The number of amides is 1. The number of aromatic nitrogens is 3. The van der Waals surface area contributed by atoms with E-state index in [2.05, 4.69) is 20.4 Å². The lowest BCUT2D eigenvalue weighted by Crippen LogP contribution is -2.31. The van der Waals surface area contributed by atoms with Gasteiger partial charge in [-0.25, -0.2) is 9.37 Å². The van der Waals surface area contributed by atoms with Gasteiger partial charge in [-0.05, 0) is 30.5 Å². The molecule has 1 aromatic carbocycles. The first-order chi connectivity index (χ1) is 16.2. The number of halogens is 1.